The Kier molecular flexibility index (Phi) is 6.36. The summed E-state index contributed by atoms with van der Waals surface area (Å²) < 4.78 is 4.62. The van der Waals surface area contributed by atoms with Crippen LogP contribution in [0.2, 0.25) is 0 Å². The Morgan fingerprint density at radius 3 is 2.93 bits per heavy atom. The molecule has 0 amide bonds. The van der Waals surface area contributed by atoms with Gasteiger partial charge in [0.25, 0.3) is 6.47 Å². The molecule has 1 heterocycles. The van der Waals surface area contributed by atoms with Crippen molar-refractivity contribution >= 4 is 6.47 Å². The van der Waals surface area contributed by atoms with Crippen molar-refractivity contribution in [2.75, 3.05) is 26.2 Å². The molecule has 4 nitrogen and oxygen atoms in total. The van der Waals surface area contributed by atoms with Gasteiger partial charge in [0.1, 0.15) is 0 Å². The van der Waals surface area contributed by atoms with Crippen molar-refractivity contribution in [1.29, 1.82) is 0 Å². The van der Waals surface area contributed by atoms with Crippen molar-refractivity contribution in [1.82, 2.24) is 10.6 Å². The summed E-state index contributed by atoms with van der Waals surface area (Å²) in [7, 11) is 0. The molecule has 0 radical (unpaired) electrons. The predicted molar refractivity (Wildman–Crippen MR) is 55.1 cm³/mol. The zero-order chi connectivity index (χ0) is 10.1. The van der Waals surface area contributed by atoms with Gasteiger partial charge in [-0.1, -0.05) is 12.8 Å². The van der Waals surface area contributed by atoms with Crippen molar-refractivity contribution in [3.8, 4) is 0 Å². The van der Waals surface area contributed by atoms with Gasteiger partial charge in [0, 0.05) is 25.7 Å². The van der Waals surface area contributed by atoms with Crippen LogP contribution in [0.15, 0.2) is 0 Å². The van der Waals surface area contributed by atoms with Crippen LogP contribution >= 0.6 is 0 Å². The van der Waals surface area contributed by atoms with E-state index < -0.39 is 0 Å². The van der Waals surface area contributed by atoms with Crippen molar-refractivity contribution < 1.29 is 9.53 Å². The maximum absolute atomic E-state index is 9.84. The van der Waals surface area contributed by atoms with Gasteiger partial charge in [-0.25, -0.2) is 0 Å². The monoisotopic (exact) mass is 200 g/mol. The van der Waals surface area contributed by atoms with E-state index in [1.54, 1.807) is 0 Å². The van der Waals surface area contributed by atoms with E-state index in [4.69, 9.17) is 0 Å². The summed E-state index contributed by atoms with van der Waals surface area (Å²) in [6.45, 7) is 4.35. The standard InChI is InChI=1S/C10H20N2O2/c13-9-14-7-3-1-2-4-10-8-11-5-6-12-10/h9-12H,1-8H2. The van der Waals surface area contributed by atoms with Gasteiger partial charge in [-0.15, -0.1) is 0 Å². The van der Waals surface area contributed by atoms with Gasteiger partial charge in [0.05, 0.1) is 6.61 Å². The van der Waals surface area contributed by atoms with Gasteiger partial charge in [-0.3, -0.25) is 4.79 Å². The van der Waals surface area contributed by atoms with Crippen LogP contribution in [0.5, 0.6) is 0 Å². The lowest BCUT2D eigenvalue weighted by Crippen LogP contribution is -2.48. The van der Waals surface area contributed by atoms with Crippen molar-refractivity contribution in [3.63, 3.8) is 0 Å². The van der Waals surface area contributed by atoms with Crippen LogP contribution in [0.25, 0.3) is 0 Å². The first-order valence-electron chi connectivity index (χ1n) is 5.43. The third-order valence-corrected chi connectivity index (χ3v) is 2.51. The second-order valence-electron chi connectivity index (χ2n) is 3.67. The maximum Gasteiger partial charge on any atom is 0.293 e. The van der Waals surface area contributed by atoms with E-state index in [1.165, 1.54) is 12.8 Å². The Morgan fingerprint density at radius 1 is 1.29 bits per heavy atom. The molecule has 1 saturated heterocycles. The fourth-order valence-electron chi connectivity index (χ4n) is 1.72. The molecule has 0 aromatic carbocycles. The average Bonchev–Trinajstić information content (AvgIpc) is 2.25. The van der Waals surface area contributed by atoms with Crippen LogP contribution in [-0.4, -0.2) is 38.8 Å². The smallest absolute Gasteiger partial charge is 0.293 e. The number of carbonyl (C=O) groups excluding carboxylic acids is 1. The van der Waals surface area contributed by atoms with E-state index in [2.05, 4.69) is 15.4 Å². The Bertz CT molecular complexity index is 147. The summed E-state index contributed by atoms with van der Waals surface area (Å²) >= 11 is 0. The number of hydrogen-bond donors (Lipinski definition) is 2. The highest BCUT2D eigenvalue weighted by Gasteiger charge is 2.10. The normalized spacial score (nSPS) is 21.9. The van der Waals surface area contributed by atoms with Gasteiger partial charge in [0.2, 0.25) is 0 Å². The molecule has 1 fully saturated rings. The third-order valence-electron chi connectivity index (χ3n) is 2.51. The molecule has 2 N–H and O–H groups in total. The minimum absolute atomic E-state index is 0.520. The molecule has 1 atom stereocenters. The molecule has 1 aliphatic rings. The highest BCUT2D eigenvalue weighted by atomic mass is 16.5. The molecule has 0 saturated carbocycles. The number of rotatable bonds is 7. The molecule has 1 rings (SSSR count). The lowest BCUT2D eigenvalue weighted by atomic mass is 10.1. The fraction of sp³-hybridized carbons (Fsp3) is 0.900. The highest BCUT2D eigenvalue weighted by Crippen LogP contribution is 2.04. The molecule has 14 heavy (non-hydrogen) atoms. The number of carbonyl (C=O) groups is 1. The number of piperazine rings is 1. The molecule has 4 heteroatoms. The van der Waals surface area contributed by atoms with E-state index in [0.29, 0.717) is 19.1 Å². The second-order valence-corrected chi connectivity index (χ2v) is 3.67. The first-order valence-corrected chi connectivity index (χ1v) is 5.43. The minimum atomic E-state index is 0.520. The molecular formula is C10H20N2O2. The van der Waals surface area contributed by atoms with Crippen LogP contribution in [0.3, 0.4) is 0 Å². The summed E-state index contributed by atoms with van der Waals surface area (Å²) in [6, 6.07) is 0.635. The van der Waals surface area contributed by atoms with Crippen LogP contribution in [0.1, 0.15) is 25.7 Å². The first-order chi connectivity index (χ1) is 6.93. The minimum Gasteiger partial charge on any atom is -0.468 e. The average molecular weight is 200 g/mol. The molecular weight excluding hydrogens is 180 g/mol. The summed E-state index contributed by atoms with van der Waals surface area (Å²) in [6.07, 6.45) is 4.56. The van der Waals surface area contributed by atoms with E-state index in [9.17, 15) is 4.79 Å². The van der Waals surface area contributed by atoms with Gasteiger partial charge in [0.15, 0.2) is 0 Å². The molecule has 0 aromatic heterocycles. The van der Waals surface area contributed by atoms with Gasteiger partial charge in [-0.05, 0) is 12.8 Å². The third kappa shape index (κ3) is 5.19. The summed E-state index contributed by atoms with van der Waals surface area (Å²) in [4.78, 5) is 9.84. The van der Waals surface area contributed by atoms with Crippen LogP contribution in [0.4, 0.5) is 0 Å². The van der Waals surface area contributed by atoms with Crippen LogP contribution in [-0.2, 0) is 9.53 Å². The Hall–Kier alpha value is -0.610. The molecule has 1 unspecified atom stereocenters. The largest absolute Gasteiger partial charge is 0.468 e. The number of unbranched alkanes of at least 4 members (excludes halogenated alkanes) is 2. The van der Waals surface area contributed by atoms with E-state index in [0.717, 1.165) is 32.5 Å². The van der Waals surface area contributed by atoms with Crippen molar-refractivity contribution in [2.45, 2.75) is 31.7 Å². The number of nitrogens with one attached hydrogen (secondary N) is 2. The SMILES string of the molecule is O=COCCCCCC1CNCCN1. The second kappa shape index (κ2) is 7.76. The Labute approximate surface area is 85.4 Å². The molecule has 0 aromatic rings. The predicted octanol–water partition coefficient (Wildman–Crippen LogP) is 0.281. The summed E-state index contributed by atoms with van der Waals surface area (Å²) in [5, 5.41) is 6.83. The van der Waals surface area contributed by atoms with Crippen molar-refractivity contribution in [2.24, 2.45) is 0 Å². The molecule has 0 spiro atoms. The highest BCUT2D eigenvalue weighted by molar-refractivity contribution is 5.36. The topological polar surface area (TPSA) is 50.4 Å². The zero-order valence-corrected chi connectivity index (χ0v) is 8.63. The lowest BCUT2D eigenvalue weighted by Gasteiger charge is -2.24. The van der Waals surface area contributed by atoms with Gasteiger partial charge in [-0.2, -0.15) is 0 Å². The summed E-state index contributed by atoms with van der Waals surface area (Å²) in [5.41, 5.74) is 0. The van der Waals surface area contributed by atoms with Crippen LogP contribution in [0, 0.1) is 0 Å². The van der Waals surface area contributed by atoms with E-state index in [1.807, 2.05) is 0 Å². The quantitative estimate of drug-likeness (QED) is 0.458. The van der Waals surface area contributed by atoms with Gasteiger partial charge >= 0.3 is 0 Å². The van der Waals surface area contributed by atoms with E-state index in [-0.39, 0.29) is 0 Å². The van der Waals surface area contributed by atoms with Crippen LogP contribution < -0.4 is 10.6 Å². The maximum atomic E-state index is 9.84. The summed E-state index contributed by atoms with van der Waals surface area (Å²) in [5.74, 6) is 0. The van der Waals surface area contributed by atoms with E-state index >= 15 is 0 Å². The van der Waals surface area contributed by atoms with Crippen molar-refractivity contribution in [3.05, 3.63) is 0 Å². The molecule has 82 valence electrons. The number of hydrogen-bond acceptors (Lipinski definition) is 4. The zero-order valence-electron chi connectivity index (χ0n) is 8.63. The first kappa shape index (κ1) is 11.5. The Morgan fingerprint density at radius 2 is 2.21 bits per heavy atom. The molecule has 1 aliphatic heterocycles. The Balaban J connectivity index is 1.85. The number of ether oxygens (including phenoxy) is 1. The van der Waals surface area contributed by atoms with Gasteiger partial charge < -0.3 is 15.4 Å². The molecule has 0 aliphatic carbocycles. The molecule has 0 bridgehead atoms. The lowest BCUT2D eigenvalue weighted by molar-refractivity contribution is -0.128. The fourth-order valence-corrected chi connectivity index (χ4v) is 1.72.